The lowest BCUT2D eigenvalue weighted by Crippen LogP contribution is -2.37. The summed E-state index contributed by atoms with van der Waals surface area (Å²) in [4.78, 5) is 28.5. The maximum absolute atomic E-state index is 12.1. The molecule has 1 aromatic carbocycles. The average molecular weight is 343 g/mol. The van der Waals surface area contributed by atoms with Crippen molar-refractivity contribution in [2.45, 2.75) is 44.6 Å². The van der Waals surface area contributed by atoms with Gasteiger partial charge < -0.3 is 5.32 Å². The molecular weight excluding hydrogens is 322 g/mol. The van der Waals surface area contributed by atoms with Crippen molar-refractivity contribution < 1.29 is 9.59 Å². The Hall–Kier alpha value is -2.21. The third-order valence-corrected chi connectivity index (χ3v) is 4.93. The Morgan fingerprint density at radius 2 is 1.88 bits per heavy atom. The van der Waals surface area contributed by atoms with Crippen LogP contribution in [0, 0.1) is 0 Å². The molecule has 1 heterocycles. The van der Waals surface area contributed by atoms with Gasteiger partial charge in [-0.15, -0.1) is 11.3 Å². The third kappa shape index (κ3) is 4.64. The Balaban J connectivity index is 1.51. The summed E-state index contributed by atoms with van der Waals surface area (Å²) in [5.74, 6) is -0.184. The van der Waals surface area contributed by atoms with Gasteiger partial charge in [0.05, 0.1) is 12.1 Å². The number of nitrogens with one attached hydrogen (secondary N) is 2. The monoisotopic (exact) mass is 343 g/mol. The summed E-state index contributed by atoms with van der Waals surface area (Å²) in [6, 6.07) is 9.31. The van der Waals surface area contributed by atoms with Crippen LogP contribution >= 0.6 is 11.3 Å². The molecule has 0 unspecified atom stereocenters. The van der Waals surface area contributed by atoms with Gasteiger partial charge in [-0.05, 0) is 25.0 Å². The Labute approximate surface area is 145 Å². The van der Waals surface area contributed by atoms with Crippen LogP contribution in [-0.2, 0) is 11.2 Å². The van der Waals surface area contributed by atoms with Gasteiger partial charge in [0.2, 0.25) is 5.91 Å². The largest absolute Gasteiger partial charge is 0.353 e. The van der Waals surface area contributed by atoms with Crippen LogP contribution in [0.2, 0.25) is 0 Å². The highest BCUT2D eigenvalue weighted by Gasteiger charge is 2.17. The first-order valence-corrected chi connectivity index (χ1v) is 9.19. The summed E-state index contributed by atoms with van der Waals surface area (Å²) in [5, 5.41) is 8.19. The number of rotatable bonds is 5. The lowest BCUT2D eigenvalue weighted by atomic mass is 9.95. The van der Waals surface area contributed by atoms with E-state index in [1.165, 1.54) is 30.6 Å². The molecule has 5 nitrogen and oxygen atoms in total. The number of benzene rings is 1. The molecule has 1 aliphatic carbocycles. The van der Waals surface area contributed by atoms with Crippen LogP contribution < -0.4 is 10.6 Å². The highest BCUT2D eigenvalue weighted by molar-refractivity contribution is 7.14. The standard InChI is InChI=1S/C18H21N3O2S/c22-16(19-14-9-5-2-6-10-14)11-15-12-24-18(20-15)21-17(23)13-7-3-1-4-8-13/h1,3-4,7-8,12,14H,2,5-6,9-11H2,(H,19,22)(H,20,21,23). The number of carbonyl (C=O) groups is 2. The minimum absolute atomic E-state index is 0.00753. The number of hydrogen-bond donors (Lipinski definition) is 2. The molecular formula is C18H21N3O2S. The second-order valence-electron chi connectivity index (χ2n) is 6.04. The SMILES string of the molecule is O=C(Cc1csc(NC(=O)c2ccccc2)n1)NC1CCCCC1. The van der Waals surface area contributed by atoms with Crippen molar-refractivity contribution in [2.24, 2.45) is 0 Å². The fourth-order valence-electron chi connectivity index (χ4n) is 2.89. The van der Waals surface area contributed by atoms with Crippen molar-refractivity contribution in [1.29, 1.82) is 0 Å². The second kappa shape index (κ2) is 8.06. The highest BCUT2D eigenvalue weighted by atomic mass is 32.1. The van der Waals surface area contributed by atoms with Crippen LogP contribution in [0.4, 0.5) is 5.13 Å². The molecule has 0 atom stereocenters. The van der Waals surface area contributed by atoms with Crippen LogP contribution in [0.25, 0.3) is 0 Å². The van der Waals surface area contributed by atoms with E-state index in [0.29, 0.717) is 22.4 Å². The van der Waals surface area contributed by atoms with Crippen molar-refractivity contribution in [3.05, 3.63) is 47.0 Å². The summed E-state index contributed by atoms with van der Waals surface area (Å²) in [5.41, 5.74) is 1.28. The second-order valence-corrected chi connectivity index (χ2v) is 6.90. The molecule has 0 bridgehead atoms. The number of carbonyl (C=O) groups excluding carboxylic acids is 2. The number of thiazole rings is 1. The lowest BCUT2D eigenvalue weighted by Gasteiger charge is -2.22. The van der Waals surface area contributed by atoms with E-state index in [0.717, 1.165) is 12.8 Å². The zero-order valence-electron chi connectivity index (χ0n) is 13.5. The molecule has 6 heteroatoms. The normalized spacial score (nSPS) is 15.0. The zero-order valence-corrected chi connectivity index (χ0v) is 14.3. The van der Waals surface area contributed by atoms with Crippen molar-refractivity contribution >= 4 is 28.3 Å². The third-order valence-electron chi connectivity index (χ3n) is 4.12. The fraction of sp³-hybridized carbons (Fsp3) is 0.389. The Kier molecular flexibility index (Phi) is 5.59. The quantitative estimate of drug-likeness (QED) is 0.874. The smallest absolute Gasteiger partial charge is 0.257 e. The molecule has 2 N–H and O–H groups in total. The maximum atomic E-state index is 12.1. The van der Waals surface area contributed by atoms with E-state index in [9.17, 15) is 9.59 Å². The summed E-state index contributed by atoms with van der Waals surface area (Å²) >= 11 is 1.34. The van der Waals surface area contributed by atoms with Gasteiger partial charge in [0.15, 0.2) is 5.13 Å². The van der Waals surface area contributed by atoms with Gasteiger partial charge in [0.1, 0.15) is 0 Å². The first kappa shape index (κ1) is 16.6. The molecule has 0 radical (unpaired) electrons. The summed E-state index contributed by atoms with van der Waals surface area (Å²) in [6.07, 6.45) is 6.05. The van der Waals surface area contributed by atoms with Crippen LogP contribution in [0.5, 0.6) is 0 Å². The zero-order chi connectivity index (χ0) is 16.8. The predicted molar refractivity (Wildman–Crippen MR) is 95.2 cm³/mol. The highest BCUT2D eigenvalue weighted by Crippen LogP contribution is 2.19. The maximum Gasteiger partial charge on any atom is 0.257 e. The molecule has 1 aromatic heterocycles. The first-order valence-electron chi connectivity index (χ1n) is 8.31. The molecule has 1 aliphatic rings. The topological polar surface area (TPSA) is 71.1 Å². The van der Waals surface area contributed by atoms with Crippen molar-refractivity contribution in [3.63, 3.8) is 0 Å². The lowest BCUT2D eigenvalue weighted by molar-refractivity contribution is -0.121. The summed E-state index contributed by atoms with van der Waals surface area (Å²) in [7, 11) is 0. The Morgan fingerprint density at radius 1 is 1.12 bits per heavy atom. The Morgan fingerprint density at radius 3 is 2.62 bits per heavy atom. The molecule has 2 aromatic rings. The van der Waals surface area contributed by atoms with Gasteiger partial charge >= 0.3 is 0 Å². The molecule has 0 aliphatic heterocycles. The average Bonchev–Trinajstić information content (AvgIpc) is 3.03. The minimum Gasteiger partial charge on any atom is -0.353 e. The molecule has 1 saturated carbocycles. The van der Waals surface area contributed by atoms with Gasteiger partial charge in [-0.25, -0.2) is 4.98 Å². The van der Waals surface area contributed by atoms with E-state index in [-0.39, 0.29) is 18.2 Å². The van der Waals surface area contributed by atoms with E-state index in [4.69, 9.17) is 0 Å². The van der Waals surface area contributed by atoms with Gasteiger partial charge in [0, 0.05) is 17.0 Å². The van der Waals surface area contributed by atoms with Crippen molar-refractivity contribution in [1.82, 2.24) is 10.3 Å². The molecule has 0 saturated heterocycles. The number of hydrogen-bond acceptors (Lipinski definition) is 4. The van der Waals surface area contributed by atoms with Gasteiger partial charge in [-0.3, -0.25) is 14.9 Å². The van der Waals surface area contributed by atoms with Crippen LogP contribution in [0.15, 0.2) is 35.7 Å². The van der Waals surface area contributed by atoms with E-state index >= 15 is 0 Å². The van der Waals surface area contributed by atoms with E-state index in [2.05, 4.69) is 15.6 Å². The number of nitrogens with zero attached hydrogens (tertiary/aromatic N) is 1. The summed E-state index contributed by atoms with van der Waals surface area (Å²) < 4.78 is 0. The molecule has 126 valence electrons. The van der Waals surface area contributed by atoms with E-state index < -0.39 is 0 Å². The number of anilines is 1. The number of aromatic nitrogens is 1. The van der Waals surface area contributed by atoms with E-state index in [1.807, 2.05) is 23.6 Å². The fourth-order valence-corrected chi connectivity index (χ4v) is 3.60. The molecule has 2 amide bonds. The van der Waals surface area contributed by atoms with Gasteiger partial charge in [-0.2, -0.15) is 0 Å². The van der Waals surface area contributed by atoms with Crippen LogP contribution in [-0.4, -0.2) is 22.8 Å². The van der Waals surface area contributed by atoms with Gasteiger partial charge in [-0.1, -0.05) is 37.5 Å². The summed E-state index contributed by atoms with van der Waals surface area (Å²) in [6.45, 7) is 0. The molecule has 3 rings (SSSR count). The van der Waals surface area contributed by atoms with Crippen LogP contribution in [0.3, 0.4) is 0 Å². The van der Waals surface area contributed by atoms with Crippen LogP contribution in [0.1, 0.15) is 48.2 Å². The van der Waals surface area contributed by atoms with Gasteiger partial charge in [0.25, 0.3) is 5.91 Å². The molecule has 24 heavy (non-hydrogen) atoms. The first-order chi connectivity index (χ1) is 11.7. The minimum atomic E-state index is -0.192. The van der Waals surface area contributed by atoms with Crippen molar-refractivity contribution in [3.8, 4) is 0 Å². The van der Waals surface area contributed by atoms with Crippen molar-refractivity contribution in [2.75, 3.05) is 5.32 Å². The molecule has 0 spiro atoms. The number of amides is 2. The Bertz CT molecular complexity index is 693. The molecule has 1 fully saturated rings. The predicted octanol–water partition coefficient (Wildman–Crippen LogP) is 3.39. The van der Waals surface area contributed by atoms with E-state index in [1.54, 1.807) is 12.1 Å².